The minimum Gasteiger partial charge on any atom is -0.393 e. The van der Waals surface area contributed by atoms with Crippen LogP contribution in [-0.4, -0.2) is 49.3 Å². The van der Waals surface area contributed by atoms with Crippen molar-refractivity contribution in [2.75, 3.05) is 26.4 Å². The first-order valence-electron chi connectivity index (χ1n) is 7.79. The van der Waals surface area contributed by atoms with E-state index in [2.05, 4.69) is 0 Å². The molecule has 0 aromatic heterocycles. The van der Waals surface area contributed by atoms with E-state index in [1.807, 2.05) is 0 Å². The molecule has 3 aliphatic rings. The number of ether oxygens (including phenoxy) is 3. The van der Waals surface area contributed by atoms with Crippen molar-refractivity contribution in [1.29, 1.82) is 0 Å². The summed E-state index contributed by atoms with van der Waals surface area (Å²) in [7, 11) is 0. The molecule has 3 heterocycles. The van der Waals surface area contributed by atoms with Gasteiger partial charge in [0.1, 0.15) is 0 Å². The van der Waals surface area contributed by atoms with Gasteiger partial charge < -0.3 is 19.3 Å². The van der Waals surface area contributed by atoms with E-state index in [4.69, 9.17) is 14.2 Å². The summed E-state index contributed by atoms with van der Waals surface area (Å²) in [6, 6.07) is 0. The second-order valence-corrected chi connectivity index (χ2v) is 6.38. The first kappa shape index (κ1) is 13.8. The van der Waals surface area contributed by atoms with Gasteiger partial charge in [-0.15, -0.1) is 0 Å². The first-order chi connectivity index (χ1) is 9.27. The van der Waals surface area contributed by atoms with Gasteiger partial charge in [-0.05, 0) is 44.4 Å². The van der Waals surface area contributed by atoms with E-state index < -0.39 is 0 Å². The molecule has 4 heteroatoms. The third kappa shape index (κ3) is 3.30. The Morgan fingerprint density at radius 1 is 1.16 bits per heavy atom. The molecule has 4 atom stereocenters. The fraction of sp³-hybridized carbons (Fsp3) is 1.00. The molecular formula is C15H26O4. The smallest absolute Gasteiger partial charge is 0.0940 e. The van der Waals surface area contributed by atoms with Crippen LogP contribution in [0.5, 0.6) is 0 Å². The molecule has 0 bridgehead atoms. The normalized spacial score (nSPS) is 41.5. The minimum absolute atomic E-state index is 0.0999. The summed E-state index contributed by atoms with van der Waals surface area (Å²) < 4.78 is 17.2. The molecule has 0 aromatic carbocycles. The highest BCUT2D eigenvalue weighted by molar-refractivity contribution is 4.92. The fourth-order valence-electron chi connectivity index (χ4n) is 3.71. The summed E-state index contributed by atoms with van der Waals surface area (Å²) in [5.74, 6) is 0.348. The third-order valence-corrected chi connectivity index (χ3v) is 4.92. The molecule has 0 aliphatic carbocycles. The zero-order valence-corrected chi connectivity index (χ0v) is 11.7. The van der Waals surface area contributed by atoms with Gasteiger partial charge in [-0.25, -0.2) is 0 Å². The van der Waals surface area contributed by atoms with Gasteiger partial charge in [0.05, 0.1) is 24.4 Å². The molecule has 4 nitrogen and oxygen atoms in total. The fourth-order valence-corrected chi connectivity index (χ4v) is 3.71. The molecule has 3 rings (SSSR count). The van der Waals surface area contributed by atoms with Gasteiger partial charge in [0.15, 0.2) is 0 Å². The second-order valence-electron chi connectivity index (χ2n) is 6.38. The van der Waals surface area contributed by atoms with Crippen LogP contribution in [0.1, 0.15) is 44.9 Å². The number of hydrogen-bond donors (Lipinski definition) is 1. The standard InChI is InChI=1S/C15H26O4/c16-14(9-13-3-1-2-6-18-13)12-4-7-19-15(10-12)5-8-17-11-15/h12-14,16H,1-11H2. The Bertz CT molecular complexity index is 282. The number of aliphatic hydroxyl groups is 1. The van der Waals surface area contributed by atoms with E-state index in [0.717, 1.165) is 51.9 Å². The molecule has 4 unspecified atom stereocenters. The van der Waals surface area contributed by atoms with Crippen molar-refractivity contribution < 1.29 is 19.3 Å². The van der Waals surface area contributed by atoms with E-state index in [-0.39, 0.29) is 17.8 Å². The van der Waals surface area contributed by atoms with Crippen molar-refractivity contribution in [2.45, 2.75) is 62.8 Å². The Balaban J connectivity index is 1.52. The summed E-state index contributed by atoms with van der Waals surface area (Å²) in [6.45, 7) is 3.13. The Morgan fingerprint density at radius 2 is 2.11 bits per heavy atom. The number of rotatable bonds is 3. The predicted molar refractivity (Wildman–Crippen MR) is 71.1 cm³/mol. The molecule has 1 spiro atoms. The maximum atomic E-state index is 10.5. The maximum absolute atomic E-state index is 10.5. The van der Waals surface area contributed by atoms with Crippen molar-refractivity contribution in [2.24, 2.45) is 5.92 Å². The van der Waals surface area contributed by atoms with E-state index in [1.165, 1.54) is 12.8 Å². The van der Waals surface area contributed by atoms with E-state index in [9.17, 15) is 5.11 Å². The number of hydrogen-bond acceptors (Lipinski definition) is 4. The highest BCUT2D eigenvalue weighted by Crippen LogP contribution is 2.38. The monoisotopic (exact) mass is 270 g/mol. The van der Waals surface area contributed by atoms with Crippen LogP contribution >= 0.6 is 0 Å². The molecule has 0 aromatic rings. The zero-order valence-electron chi connectivity index (χ0n) is 11.7. The second kappa shape index (κ2) is 6.08. The van der Waals surface area contributed by atoms with Gasteiger partial charge in [0.2, 0.25) is 0 Å². The Hall–Kier alpha value is -0.160. The van der Waals surface area contributed by atoms with E-state index >= 15 is 0 Å². The lowest BCUT2D eigenvalue weighted by atomic mass is 9.80. The summed E-state index contributed by atoms with van der Waals surface area (Å²) in [5.41, 5.74) is -0.0999. The summed E-state index contributed by atoms with van der Waals surface area (Å²) in [5, 5.41) is 10.5. The average Bonchev–Trinajstić information content (AvgIpc) is 2.88. The van der Waals surface area contributed by atoms with Crippen LogP contribution in [-0.2, 0) is 14.2 Å². The molecule has 1 N–H and O–H groups in total. The Kier molecular flexibility index (Phi) is 4.42. The van der Waals surface area contributed by atoms with Crippen LogP contribution < -0.4 is 0 Å². The van der Waals surface area contributed by atoms with Crippen molar-refractivity contribution in [3.63, 3.8) is 0 Å². The minimum atomic E-state index is -0.246. The van der Waals surface area contributed by atoms with Crippen LogP contribution in [0.2, 0.25) is 0 Å². The van der Waals surface area contributed by atoms with Crippen LogP contribution in [0.25, 0.3) is 0 Å². The summed E-state index contributed by atoms with van der Waals surface area (Å²) >= 11 is 0. The van der Waals surface area contributed by atoms with Crippen molar-refractivity contribution >= 4 is 0 Å². The van der Waals surface area contributed by atoms with Crippen LogP contribution in [0.4, 0.5) is 0 Å². The Morgan fingerprint density at radius 3 is 2.84 bits per heavy atom. The van der Waals surface area contributed by atoms with Gasteiger partial charge in [-0.2, -0.15) is 0 Å². The van der Waals surface area contributed by atoms with Gasteiger partial charge in [0, 0.05) is 26.2 Å². The highest BCUT2D eigenvalue weighted by Gasteiger charge is 2.43. The van der Waals surface area contributed by atoms with Gasteiger partial charge in [-0.1, -0.05) is 0 Å². The van der Waals surface area contributed by atoms with Gasteiger partial charge >= 0.3 is 0 Å². The molecular weight excluding hydrogens is 244 g/mol. The Labute approximate surface area is 115 Å². The lowest BCUT2D eigenvalue weighted by Crippen LogP contribution is -2.44. The molecule has 3 aliphatic heterocycles. The molecule has 0 amide bonds. The summed E-state index contributed by atoms with van der Waals surface area (Å²) in [4.78, 5) is 0. The van der Waals surface area contributed by atoms with Crippen molar-refractivity contribution in [3.8, 4) is 0 Å². The predicted octanol–water partition coefficient (Wildman–Crippen LogP) is 1.89. The molecule has 19 heavy (non-hydrogen) atoms. The van der Waals surface area contributed by atoms with Gasteiger partial charge in [-0.3, -0.25) is 0 Å². The van der Waals surface area contributed by atoms with Crippen LogP contribution in [0.3, 0.4) is 0 Å². The van der Waals surface area contributed by atoms with Crippen LogP contribution in [0.15, 0.2) is 0 Å². The SMILES string of the molecule is OC(CC1CCCCO1)C1CCOC2(CCOC2)C1. The lowest BCUT2D eigenvalue weighted by molar-refractivity contribution is -0.123. The highest BCUT2D eigenvalue weighted by atomic mass is 16.6. The van der Waals surface area contributed by atoms with Crippen molar-refractivity contribution in [1.82, 2.24) is 0 Å². The van der Waals surface area contributed by atoms with E-state index in [0.29, 0.717) is 12.5 Å². The molecule has 3 fully saturated rings. The zero-order chi connectivity index (χ0) is 13.1. The van der Waals surface area contributed by atoms with Crippen molar-refractivity contribution in [3.05, 3.63) is 0 Å². The molecule has 0 saturated carbocycles. The largest absolute Gasteiger partial charge is 0.393 e. The first-order valence-corrected chi connectivity index (χ1v) is 7.79. The number of aliphatic hydroxyl groups excluding tert-OH is 1. The van der Waals surface area contributed by atoms with Gasteiger partial charge in [0.25, 0.3) is 0 Å². The van der Waals surface area contributed by atoms with E-state index in [1.54, 1.807) is 0 Å². The lowest BCUT2D eigenvalue weighted by Gasteiger charge is -2.39. The maximum Gasteiger partial charge on any atom is 0.0940 e. The quantitative estimate of drug-likeness (QED) is 0.851. The molecule has 0 radical (unpaired) electrons. The van der Waals surface area contributed by atoms with Crippen LogP contribution in [0, 0.1) is 5.92 Å². The third-order valence-electron chi connectivity index (χ3n) is 4.92. The average molecular weight is 270 g/mol. The molecule has 3 saturated heterocycles. The molecule has 110 valence electrons. The summed E-state index contributed by atoms with van der Waals surface area (Å²) in [6.07, 6.45) is 7.22. The topological polar surface area (TPSA) is 47.9 Å².